The van der Waals surface area contributed by atoms with Crippen molar-refractivity contribution in [2.75, 3.05) is 6.61 Å². The molecule has 1 unspecified atom stereocenters. The van der Waals surface area contributed by atoms with Crippen molar-refractivity contribution in [1.82, 2.24) is 9.78 Å². The average Bonchev–Trinajstić information content (AvgIpc) is 2.78. The van der Waals surface area contributed by atoms with Crippen LogP contribution < -0.4 is 0 Å². The molecule has 0 spiro atoms. The van der Waals surface area contributed by atoms with Crippen LogP contribution in [0.15, 0.2) is 42.7 Å². The summed E-state index contributed by atoms with van der Waals surface area (Å²) in [5.74, 6) is 0. The van der Waals surface area contributed by atoms with Crippen LogP contribution in [0.25, 0.3) is 0 Å². The third kappa shape index (κ3) is 2.48. The number of benzene rings is 1. The molecular formula is C12H14N2O2. The molecule has 1 atom stereocenters. The fourth-order valence-electron chi connectivity index (χ4n) is 1.51. The normalized spacial score (nSPS) is 12.6. The minimum absolute atomic E-state index is 0.281. The Kier molecular flexibility index (Phi) is 3.34. The Balaban J connectivity index is 2.09. The van der Waals surface area contributed by atoms with E-state index in [1.165, 1.54) is 0 Å². The van der Waals surface area contributed by atoms with E-state index in [2.05, 4.69) is 5.10 Å². The number of hydrogen-bond acceptors (Lipinski definition) is 3. The summed E-state index contributed by atoms with van der Waals surface area (Å²) in [6.07, 6.45) is 2.47. The quantitative estimate of drug-likeness (QED) is 0.803. The molecule has 1 aromatic carbocycles. The van der Waals surface area contributed by atoms with Gasteiger partial charge in [0.05, 0.1) is 19.3 Å². The minimum Gasteiger partial charge on any atom is -0.393 e. The summed E-state index contributed by atoms with van der Waals surface area (Å²) >= 11 is 0. The summed E-state index contributed by atoms with van der Waals surface area (Å²) in [6.45, 7) is 0.385. The van der Waals surface area contributed by atoms with Gasteiger partial charge in [-0.1, -0.05) is 30.3 Å². The van der Waals surface area contributed by atoms with Gasteiger partial charge in [0, 0.05) is 11.8 Å². The lowest BCUT2D eigenvalue weighted by molar-refractivity contribution is 0.0955. The summed E-state index contributed by atoms with van der Waals surface area (Å²) in [4.78, 5) is 0. The van der Waals surface area contributed by atoms with Crippen LogP contribution in [-0.2, 0) is 6.54 Å². The smallest absolute Gasteiger partial charge is 0.105 e. The highest BCUT2D eigenvalue weighted by Crippen LogP contribution is 2.11. The van der Waals surface area contributed by atoms with Crippen LogP contribution >= 0.6 is 0 Å². The molecule has 4 heteroatoms. The monoisotopic (exact) mass is 218 g/mol. The first-order valence-electron chi connectivity index (χ1n) is 5.15. The third-order valence-corrected chi connectivity index (χ3v) is 2.40. The highest BCUT2D eigenvalue weighted by molar-refractivity contribution is 5.16. The molecule has 0 aliphatic rings. The van der Waals surface area contributed by atoms with E-state index in [0.717, 1.165) is 5.56 Å². The maximum absolute atomic E-state index is 9.41. The largest absolute Gasteiger partial charge is 0.393 e. The van der Waals surface area contributed by atoms with E-state index in [1.807, 2.05) is 30.3 Å². The zero-order chi connectivity index (χ0) is 11.4. The number of aliphatic hydroxyl groups is 2. The number of aliphatic hydroxyl groups excluding tert-OH is 2. The first-order valence-corrected chi connectivity index (χ1v) is 5.15. The van der Waals surface area contributed by atoms with E-state index in [1.54, 1.807) is 17.1 Å². The average molecular weight is 218 g/mol. The highest BCUT2D eigenvalue weighted by atomic mass is 16.3. The van der Waals surface area contributed by atoms with Crippen molar-refractivity contribution in [2.45, 2.75) is 12.6 Å². The Morgan fingerprint density at radius 1 is 1.25 bits per heavy atom. The molecule has 2 rings (SSSR count). The molecule has 2 N–H and O–H groups in total. The maximum Gasteiger partial charge on any atom is 0.105 e. The molecule has 0 amide bonds. The molecule has 2 aromatic rings. The molecule has 0 aliphatic carbocycles. The van der Waals surface area contributed by atoms with Gasteiger partial charge >= 0.3 is 0 Å². The van der Waals surface area contributed by atoms with Crippen molar-refractivity contribution in [3.63, 3.8) is 0 Å². The zero-order valence-corrected chi connectivity index (χ0v) is 8.82. The summed E-state index contributed by atoms with van der Waals surface area (Å²) in [7, 11) is 0. The van der Waals surface area contributed by atoms with Crippen LogP contribution in [0.5, 0.6) is 0 Å². The molecule has 0 radical (unpaired) electrons. The lowest BCUT2D eigenvalue weighted by atomic mass is 10.2. The van der Waals surface area contributed by atoms with Crippen LogP contribution in [0.3, 0.4) is 0 Å². The standard InChI is InChI=1S/C12H14N2O2/c15-9-12(16)11-6-13-14(8-11)7-10-4-2-1-3-5-10/h1-6,8,12,15-16H,7,9H2. The molecule has 0 saturated carbocycles. The van der Waals surface area contributed by atoms with Crippen molar-refractivity contribution in [3.8, 4) is 0 Å². The van der Waals surface area contributed by atoms with Crippen molar-refractivity contribution >= 4 is 0 Å². The Morgan fingerprint density at radius 2 is 2.00 bits per heavy atom. The van der Waals surface area contributed by atoms with Crippen LogP contribution in [0.1, 0.15) is 17.2 Å². The molecule has 84 valence electrons. The van der Waals surface area contributed by atoms with E-state index in [-0.39, 0.29) is 6.61 Å². The van der Waals surface area contributed by atoms with Gasteiger partial charge in [0.25, 0.3) is 0 Å². The summed E-state index contributed by atoms with van der Waals surface area (Å²) in [5.41, 5.74) is 1.79. The predicted octanol–water partition coefficient (Wildman–Crippen LogP) is 0.957. The topological polar surface area (TPSA) is 58.3 Å². The van der Waals surface area contributed by atoms with Crippen molar-refractivity contribution in [3.05, 3.63) is 53.9 Å². The summed E-state index contributed by atoms with van der Waals surface area (Å²) in [6, 6.07) is 9.95. The van der Waals surface area contributed by atoms with Gasteiger partial charge < -0.3 is 10.2 Å². The summed E-state index contributed by atoms with van der Waals surface area (Å²) < 4.78 is 1.74. The Morgan fingerprint density at radius 3 is 2.69 bits per heavy atom. The van der Waals surface area contributed by atoms with Crippen molar-refractivity contribution < 1.29 is 10.2 Å². The summed E-state index contributed by atoms with van der Waals surface area (Å²) in [5, 5.41) is 22.3. The van der Waals surface area contributed by atoms with Crippen molar-refractivity contribution in [2.24, 2.45) is 0 Å². The molecule has 1 aromatic heterocycles. The van der Waals surface area contributed by atoms with Crippen LogP contribution in [0.2, 0.25) is 0 Å². The lowest BCUT2D eigenvalue weighted by Gasteiger charge is -2.03. The molecule has 16 heavy (non-hydrogen) atoms. The van der Waals surface area contributed by atoms with E-state index in [4.69, 9.17) is 5.11 Å². The number of hydrogen-bond donors (Lipinski definition) is 2. The van der Waals surface area contributed by atoms with Gasteiger partial charge in [0.2, 0.25) is 0 Å². The van der Waals surface area contributed by atoms with Gasteiger partial charge in [-0.3, -0.25) is 4.68 Å². The van der Waals surface area contributed by atoms with Crippen LogP contribution in [0, 0.1) is 0 Å². The van der Waals surface area contributed by atoms with Gasteiger partial charge in [-0.15, -0.1) is 0 Å². The van der Waals surface area contributed by atoms with Crippen LogP contribution in [0.4, 0.5) is 0 Å². The van der Waals surface area contributed by atoms with Gasteiger partial charge in [-0.2, -0.15) is 5.10 Å². The lowest BCUT2D eigenvalue weighted by Crippen LogP contribution is -2.02. The highest BCUT2D eigenvalue weighted by Gasteiger charge is 2.08. The first kappa shape index (κ1) is 10.9. The molecule has 1 heterocycles. The van der Waals surface area contributed by atoms with Crippen LogP contribution in [-0.4, -0.2) is 26.6 Å². The van der Waals surface area contributed by atoms with Gasteiger partial charge in [0.15, 0.2) is 0 Å². The Bertz CT molecular complexity index is 439. The van der Waals surface area contributed by atoms with Gasteiger partial charge in [-0.05, 0) is 5.56 Å². The Hall–Kier alpha value is -1.65. The fraction of sp³-hybridized carbons (Fsp3) is 0.250. The third-order valence-electron chi connectivity index (χ3n) is 2.40. The first-order chi connectivity index (χ1) is 7.79. The van der Waals surface area contributed by atoms with E-state index in [0.29, 0.717) is 12.1 Å². The zero-order valence-electron chi connectivity index (χ0n) is 8.82. The molecule has 4 nitrogen and oxygen atoms in total. The van der Waals surface area contributed by atoms with Crippen molar-refractivity contribution in [1.29, 1.82) is 0 Å². The van der Waals surface area contributed by atoms with Gasteiger partial charge in [-0.25, -0.2) is 0 Å². The van der Waals surface area contributed by atoms with Gasteiger partial charge in [0.1, 0.15) is 6.10 Å². The molecule has 0 saturated heterocycles. The predicted molar refractivity (Wildman–Crippen MR) is 59.8 cm³/mol. The number of aromatic nitrogens is 2. The van der Waals surface area contributed by atoms with E-state index < -0.39 is 6.10 Å². The second-order valence-corrected chi connectivity index (χ2v) is 3.66. The number of rotatable bonds is 4. The molecular weight excluding hydrogens is 204 g/mol. The second kappa shape index (κ2) is 4.92. The molecule has 0 aliphatic heterocycles. The fourth-order valence-corrected chi connectivity index (χ4v) is 1.51. The van der Waals surface area contributed by atoms with E-state index >= 15 is 0 Å². The SMILES string of the molecule is OCC(O)c1cnn(Cc2ccccc2)c1. The van der Waals surface area contributed by atoms with E-state index in [9.17, 15) is 5.11 Å². The molecule has 0 fully saturated rings. The maximum atomic E-state index is 9.41. The minimum atomic E-state index is -0.843. The number of nitrogens with zero attached hydrogens (tertiary/aromatic N) is 2. The Labute approximate surface area is 93.8 Å². The molecule has 0 bridgehead atoms. The second-order valence-electron chi connectivity index (χ2n) is 3.66.